The Balaban J connectivity index is 1.59. The van der Waals surface area contributed by atoms with E-state index in [1.54, 1.807) is 22.9 Å². The number of nitrogens with zero attached hydrogens (tertiary/aromatic N) is 5. The summed E-state index contributed by atoms with van der Waals surface area (Å²) in [5.74, 6) is 0.169. The minimum absolute atomic E-state index is 0.169. The number of amides is 1. The summed E-state index contributed by atoms with van der Waals surface area (Å²) >= 11 is 1.65. The van der Waals surface area contributed by atoms with Crippen LogP contribution in [-0.2, 0) is 18.4 Å². The number of hydrogen-bond donors (Lipinski definition) is 0. The van der Waals surface area contributed by atoms with Crippen molar-refractivity contribution in [1.82, 2.24) is 24.6 Å². The largest absolute Gasteiger partial charge is 0.340 e. The zero-order valence-corrected chi connectivity index (χ0v) is 13.1. The van der Waals surface area contributed by atoms with Gasteiger partial charge in [-0.05, 0) is 0 Å². The second-order valence-electron chi connectivity index (χ2n) is 5.33. The molecule has 3 heterocycles. The second kappa shape index (κ2) is 5.95. The van der Waals surface area contributed by atoms with Crippen molar-refractivity contribution in [2.75, 3.05) is 26.2 Å². The van der Waals surface area contributed by atoms with Crippen molar-refractivity contribution in [1.29, 1.82) is 0 Å². The van der Waals surface area contributed by atoms with Crippen LogP contribution in [0.15, 0.2) is 17.8 Å². The van der Waals surface area contributed by atoms with E-state index < -0.39 is 0 Å². The lowest BCUT2D eigenvalue weighted by Gasteiger charge is -2.33. The first-order chi connectivity index (χ1) is 10.1. The number of carbonyl (C=O) groups excluding carboxylic acids is 1. The fourth-order valence-electron chi connectivity index (χ4n) is 2.49. The molecule has 0 unspecified atom stereocenters. The van der Waals surface area contributed by atoms with Gasteiger partial charge in [-0.15, -0.1) is 11.3 Å². The van der Waals surface area contributed by atoms with E-state index in [1.807, 2.05) is 24.3 Å². The highest BCUT2D eigenvalue weighted by Crippen LogP contribution is 2.23. The van der Waals surface area contributed by atoms with Crippen molar-refractivity contribution in [3.8, 4) is 10.6 Å². The molecule has 0 atom stereocenters. The van der Waals surface area contributed by atoms with Gasteiger partial charge >= 0.3 is 0 Å². The molecule has 2 aromatic heterocycles. The Hall–Kier alpha value is -1.73. The third kappa shape index (κ3) is 3.30. The molecule has 2 aromatic rings. The Bertz CT molecular complexity index is 627. The van der Waals surface area contributed by atoms with Crippen LogP contribution in [0.3, 0.4) is 0 Å². The van der Waals surface area contributed by atoms with Crippen molar-refractivity contribution in [3.05, 3.63) is 23.5 Å². The SMILES string of the molecule is CC(=O)N1CCN(Cc2csc(-c3cnn(C)c3)n2)CC1. The van der Waals surface area contributed by atoms with E-state index >= 15 is 0 Å². The molecule has 7 heteroatoms. The average Bonchev–Trinajstić information content (AvgIpc) is 3.08. The van der Waals surface area contributed by atoms with Crippen LogP contribution in [0.4, 0.5) is 0 Å². The van der Waals surface area contributed by atoms with Crippen LogP contribution in [-0.4, -0.2) is 56.7 Å². The van der Waals surface area contributed by atoms with E-state index in [4.69, 9.17) is 0 Å². The van der Waals surface area contributed by atoms with Gasteiger partial charge in [-0.1, -0.05) is 0 Å². The summed E-state index contributed by atoms with van der Waals surface area (Å²) < 4.78 is 1.79. The van der Waals surface area contributed by atoms with Crippen molar-refractivity contribution in [2.24, 2.45) is 7.05 Å². The Labute approximate surface area is 128 Å². The van der Waals surface area contributed by atoms with Gasteiger partial charge in [0.15, 0.2) is 0 Å². The highest BCUT2D eigenvalue weighted by molar-refractivity contribution is 7.13. The molecule has 0 bridgehead atoms. The minimum atomic E-state index is 0.169. The number of piperazine rings is 1. The highest BCUT2D eigenvalue weighted by atomic mass is 32.1. The summed E-state index contributed by atoms with van der Waals surface area (Å²) in [4.78, 5) is 20.2. The van der Waals surface area contributed by atoms with Crippen LogP contribution in [0.25, 0.3) is 10.6 Å². The molecule has 0 aromatic carbocycles. The van der Waals surface area contributed by atoms with Gasteiger partial charge in [0.25, 0.3) is 0 Å². The molecule has 0 spiro atoms. The standard InChI is InChI=1S/C14H19N5OS/c1-11(20)19-5-3-18(4-6-19)9-13-10-21-14(16-13)12-7-15-17(2)8-12/h7-8,10H,3-6,9H2,1-2H3. The molecule has 112 valence electrons. The third-order valence-corrected chi connectivity index (χ3v) is 4.65. The highest BCUT2D eigenvalue weighted by Gasteiger charge is 2.19. The first-order valence-electron chi connectivity index (χ1n) is 7.03. The lowest BCUT2D eigenvalue weighted by Crippen LogP contribution is -2.47. The molecule has 21 heavy (non-hydrogen) atoms. The normalized spacial score (nSPS) is 16.4. The van der Waals surface area contributed by atoms with Gasteiger partial charge in [0.05, 0.1) is 11.9 Å². The summed E-state index contributed by atoms with van der Waals surface area (Å²) in [5, 5.41) is 7.30. The average molecular weight is 305 g/mol. The molecule has 1 saturated heterocycles. The molecule has 1 amide bonds. The van der Waals surface area contributed by atoms with Crippen LogP contribution in [0.1, 0.15) is 12.6 Å². The van der Waals surface area contributed by atoms with Gasteiger partial charge in [-0.2, -0.15) is 5.10 Å². The molecule has 0 saturated carbocycles. The van der Waals surface area contributed by atoms with Crippen LogP contribution in [0.2, 0.25) is 0 Å². The van der Waals surface area contributed by atoms with E-state index in [0.717, 1.165) is 49.0 Å². The van der Waals surface area contributed by atoms with E-state index in [-0.39, 0.29) is 5.91 Å². The van der Waals surface area contributed by atoms with Gasteiger partial charge in [-0.3, -0.25) is 14.4 Å². The van der Waals surface area contributed by atoms with Crippen LogP contribution >= 0.6 is 11.3 Å². The predicted molar refractivity (Wildman–Crippen MR) is 81.8 cm³/mol. The zero-order valence-electron chi connectivity index (χ0n) is 12.3. The van der Waals surface area contributed by atoms with Crippen molar-refractivity contribution in [3.63, 3.8) is 0 Å². The number of rotatable bonds is 3. The van der Waals surface area contributed by atoms with Crippen LogP contribution < -0.4 is 0 Å². The molecular formula is C14H19N5OS. The predicted octanol–water partition coefficient (Wildman–Crippen LogP) is 1.21. The van der Waals surface area contributed by atoms with Crippen molar-refractivity contribution >= 4 is 17.2 Å². The number of aromatic nitrogens is 3. The maximum Gasteiger partial charge on any atom is 0.219 e. The fourth-order valence-corrected chi connectivity index (χ4v) is 3.28. The van der Waals surface area contributed by atoms with Crippen LogP contribution in [0.5, 0.6) is 0 Å². The van der Waals surface area contributed by atoms with E-state index in [0.29, 0.717) is 0 Å². The van der Waals surface area contributed by atoms with Gasteiger partial charge in [0, 0.05) is 63.8 Å². The summed E-state index contributed by atoms with van der Waals surface area (Å²) in [7, 11) is 1.91. The first kappa shape index (κ1) is 14.2. The third-order valence-electron chi connectivity index (χ3n) is 3.71. The molecule has 0 radical (unpaired) electrons. The van der Waals surface area contributed by atoms with Crippen molar-refractivity contribution in [2.45, 2.75) is 13.5 Å². The Morgan fingerprint density at radius 3 is 2.71 bits per heavy atom. The van der Waals surface area contributed by atoms with Crippen molar-refractivity contribution < 1.29 is 4.79 Å². The molecule has 1 aliphatic rings. The number of hydrogen-bond acceptors (Lipinski definition) is 5. The van der Waals surface area contributed by atoms with Gasteiger partial charge in [0.1, 0.15) is 5.01 Å². The Morgan fingerprint density at radius 2 is 2.10 bits per heavy atom. The number of thiazole rings is 1. The molecule has 1 fully saturated rings. The topological polar surface area (TPSA) is 54.3 Å². The number of aryl methyl sites for hydroxylation is 1. The molecule has 1 aliphatic heterocycles. The minimum Gasteiger partial charge on any atom is -0.340 e. The maximum absolute atomic E-state index is 11.3. The smallest absolute Gasteiger partial charge is 0.219 e. The lowest BCUT2D eigenvalue weighted by atomic mass is 10.3. The first-order valence-corrected chi connectivity index (χ1v) is 7.91. The monoisotopic (exact) mass is 305 g/mol. The Morgan fingerprint density at radius 1 is 1.33 bits per heavy atom. The Kier molecular flexibility index (Phi) is 4.03. The zero-order chi connectivity index (χ0) is 14.8. The van der Waals surface area contributed by atoms with E-state index in [2.05, 4.69) is 20.4 Å². The molecule has 3 rings (SSSR count). The van der Waals surface area contributed by atoms with Gasteiger partial charge in [0.2, 0.25) is 5.91 Å². The lowest BCUT2D eigenvalue weighted by molar-refractivity contribution is -0.130. The molecular weight excluding hydrogens is 286 g/mol. The number of carbonyl (C=O) groups is 1. The summed E-state index contributed by atoms with van der Waals surface area (Å²) in [6, 6.07) is 0. The van der Waals surface area contributed by atoms with Crippen LogP contribution in [0, 0.1) is 0 Å². The second-order valence-corrected chi connectivity index (χ2v) is 6.19. The molecule has 6 nitrogen and oxygen atoms in total. The quantitative estimate of drug-likeness (QED) is 0.855. The summed E-state index contributed by atoms with van der Waals surface area (Å²) in [6.07, 6.45) is 3.82. The molecule has 0 aliphatic carbocycles. The maximum atomic E-state index is 11.3. The van der Waals surface area contributed by atoms with E-state index in [1.165, 1.54) is 0 Å². The van der Waals surface area contributed by atoms with Gasteiger partial charge < -0.3 is 4.90 Å². The summed E-state index contributed by atoms with van der Waals surface area (Å²) in [5.41, 5.74) is 2.16. The summed E-state index contributed by atoms with van der Waals surface area (Å²) in [6.45, 7) is 5.95. The van der Waals surface area contributed by atoms with Gasteiger partial charge in [-0.25, -0.2) is 4.98 Å². The van der Waals surface area contributed by atoms with E-state index in [9.17, 15) is 4.79 Å². The molecule has 0 N–H and O–H groups in total. The fraction of sp³-hybridized carbons (Fsp3) is 0.500.